The Labute approximate surface area is 103 Å². The molecule has 92 valence electrons. The number of allylic oxidation sites excluding steroid dienone is 1. The summed E-state index contributed by atoms with van der Waals surface area (Å²) in [5.74, 6) is 0. The van der Waals surface area contributed by atoms with Crippen LogP contribution in [0, 0.1) is 0 Å². The number of ether oxygens (including phenoxy) is 1. The van der Waals surface area contributed by atoms with Crippen LogP contribution in [0.4, 0.5) is 10.5 Å². The molecule has 17 heavy (non-hydrogen) atoms. The van der Waals surface area contributed by atoms with Crippen LogP contribution < -0.4 is 4.90 Å². The lowest BCUT2D eigenvalue weighted by Crippen LogP contribution is -2.35. The van der Waals surface area contributed by atoms with Gasteiger partial charge in [0.1, 0.15) is 5.60 Å². The molecular formula is C14H19NO2. The average Bonchev–Trinajstić information content (AvgIpc) is 2.15. The number of rotatable bonds is 2. The quantitative estimate of drug-likeness (QED) is 0.773. The van der Waals surface area contributed by atoms with Crippen LogP contribution in [0.15, 0.2) is 42.6 Å². The third-order valence-electron chi connectivity index (χ3n) is 1.97. The lowest BCUT2D eigenvalue weighted by molar-refractivity contribution is 0.0592. The summed E-state index contributed by atoms with van der Waals surface area (Å²) in [6.45, 7) is 11.1. The van der Waals surface area contributed by atoms with E-state index in [-0.39, 0.29) is 0 Å². The zero-order valence-corrected chi connectivity index (χ0v) is 10.9. The van der Waals surface area contributed by atoms with Gasteiger partial charge < -0.3 is 4.74 Å². The van der Waals surface area contributed by atoms with Gasteiger partial charge in [-0.05, 0) is 39.8 Å². The maximum absolute atomic E-state index is 12.0. The molecule has 1 amide bonds. The second-order valence-corrected chi connectivity index (χ2v) is 4.89. The van der Waals surface area contributed by atoms with Gasteiger partial charge in [0.25, 0.3) is 0 Å². The minimum atomic E-state index is -0.514. The second kappa shape index (κ2) is 5.04. The van der Waals surface area contributed by atoms with Gasteiger partial charge in [0, 0.05) is 5.70 Å². The van der Waals surface area contributed by atoms with E-state index in [9.17, 15) is 4.79 Å². The SMILES string of the molecule is C=C(C)N(C(=O)OC(C)(C)C)c1ccccc1. The molecule has 0 aliphatic heterocycles. The number of carbonyl (C=O) groups excluding carboxylic acids is 1. The summed E-state index contributed by atoms with van der Waals surface area (Å²) in [5.41, 5.74) is 0.874. The number of hydrogen-bond donors (Lipinski definition) is 0. The molecule has 0 saturated heterocycles. The number of nitrogens with zero attached hydrogens (tertiary/aromatic N) is 1. The van der Waals surface area contributed by atoms with Gasteiger partial charge in [-0.25, -0.2) is 4.79 Å². The summed E-state index contributed by atoms with van der Waals surface area (Å²) in [6, 6.07) is 9.33. The van der Waals surface area contributed by atoms with Crippen molar-refractivity contribution in [2.45, 2.75) is 33.3 Å². The van der Waals surface area contributed by atoms with Crippen molar-refractivity contribution < 1.29 is 9.53 Å². The predicted molar refractivity (Wildman–Crippen MR) is 70.0 cm³/mol. The fourth-order valence-corrected chi connectivity index (χ4v) is 1.37. The third kappa shape index (κ3) is 3.94. The standard InChI is InChI=1S/C14H19NO2/c1-11(2)15(12-9-7-6-8-10-12)13(16)17-14(3,4)5/h6-10H,1H2,2-5H3. The highest BCUT2D eigenvalue weighted by Gasteiger charge is 2.23. The summed E-state index contributed by atoms with van der Waals surface area (Å²) in [4.78, 5) is 13.5. The molecule has 3 heteroatoms. The first-order chi connectivity index (χ1) is 7.81. The van der Waals surface area contributed by atoms with Crippen molar-refractivity contribution in [1.29, 1.82) is 0 Å². The highest BCUT2D eigenvalue weighted by Crippen LogP contribution is 2.21. The van der Waals surface area contributed by atoms with Crippen molar-refractivity contribution in [2.75, 3.05) is 4.90 Å². The summed E-state index contributed by atoms with van der Waals surface area (Å²) < 4.78 is 5.34. The van der Waals surface area contributed by atoms with E-state index >= 15 is 0 Å². The number of carbonyl (C=O) groups is 1. The van der Waals surface area contributed by atoms with Gasteiger partial charge in [0.2, 0.25) is 0 Å². The molecule has 0 unspecified atom stereocenters. The lowest BCUT2D eigenvalue weighted by Gasteiger charge is -2.27. The molecule has 0 fully saturated rings. The van der Waals surface area contributed by atoms with Crippen molar-refractivity contribution in [3.8, 4) is 0 Å². The molecule has 0 N–H and O–H groups in total. The Balaban J connectivity index is 2.96. The topological polar surface area (TPSA) is 29.5 Å². The highest BCUT2D eigenvalue weighted by molar-refractivity contribution is 5.91. The van der Waals surface area contributed by atoms with Crippen LogP contribution in [0.25, 0.3) is 0 Å². The Hall–Kier alpha value is -1.77. The summed E-state index contributed by atoms with van der Waals surface area (Å²) in [7, 11) is 0. The molecule has 0 bridgehead atoms. The largest absolute Gasteiger partial charge is 0.443 e. The Morgan fingerprint density at radius 3 is 2.18 bits per heavy atom. The van der Waals surface area contributed by atoms with Crippen LogP contribution in [0.2, 0.25) is 0 Å². The first-order valence-corrected chi connectivity index (χ1v) is 5.55. The fourth-order valence-electron chi connectivity index (χ4n) is 1.37. The van der Waals surface area contributed by atoms with Gasteiger partial charge >= 0.3 is 6.09 Å². The van der Waals surface area contributed by atoms with Crippen molar-refractivity contribution in [3.63, 3.8) is 0 Å². The Morgan fingerprint density at radius 2 is 1.76 bits per heavy atom. The first kappa shape index (κ1) is 13.3. The predicted octanol–water partition coefficient (Wildman–Crippen LogP) is 3.96. The molecule has 1 aromatic carbocycles. The zero-order chi connectivity index (χ0) is 13.1. The molecule has 0 aliphatic carbocycles. The highest BCUT2D eigenvalue weighted by atomic mass is 16.6. The smallest absolute Gasteiger partial charge is 0.419 e. The number of para-hydroxylation sites is 1. The van der Waals surface area contributed by atoms with E-state index < -0.39 is 11.7 Å². The van der Waals surface area contributed by atoms with E-state index in [0.717, 1.165) is 5.69 Å². The Morgan fingerprint density at radius 1 is 1.24 bits per heavy atom. The van der Waals surface area contributed by atoms with E-state index in [1.807, 2.05) is 51.1 Å². The van der Waals surface area contributed by atoms with Crippen LogP contribution in [-0.2, 0) is 4.74 Å². The van der Waals surface area contributed by atoms with Crippen molar-refractivity contribution in [1.82, 2.24) is 0 Å². The van der Waals surface area contributed by atoms with Crippen LogP contribution >= 0.6 is 0 Å². The zero-order valence-electron chi connectivity index (χ0n) is 10.9. The number of anilines is 1. The monoisotopic (exact) mass is 233 g/mol. The molecule has 0 aromatic heterocycles. The molecule has 0 heterocycles. The summed E-state index contributed by atoms with van der Waals surface area (Å²) in [6.07, 6.45) is -0.406. The van der Waals surface area contributed by atoms with E-state index in [2.05, 4.69) is 6.58 Å². The van der Waals surface area contributed by atoms with Crippen molar-refractivity contribution >= 4 is 11.8 Å². The molecule has 0 aliphatic rings. The van der Waals surface area contributed by atoms with E-state index in [4.69, 9.17) is 4.74 Å². The van der Waals surface area contributed by atoms with Gasteiger partial charge in [-0.2, -0.15) is 0 Å². The van der Waals surface area contributed by atoms with Crippen molar-refractivity contribution in [3.05, 3.63) is 42.6 Å². The maximum Gasteiger partial charge on any atom is 0.419 e. The van der Waals surface area contributed by atoms with Crippen LogP contribution in [0.1, 0.15) is 27.7 Å². The summed E-state index contributed by atoms with van der Waals surface area (Å²) >= 11 is 0. The molecule has 0 spiro atoms. The number of amides is 1. The molecule has 0 radical (unpaired) electrons. The van der Waals surface area contributed by atoms with Crippen LogP contribution in [0.5, 0.6) is 0 Å². The maximum atomic E-state index is 12.0. The normalized spacial score (nSPS) is 10.8. The Kier molecular flexibility index (Phi) is 3.94. The average molecular weight is 233 g/mol. The minimum Gasteiger partial charge on any atom is -0.443 e. The summed E-state index contributed by atoms with van der Waals surface area (Å²) in [5, 5.41) is 0. The Bertz CT molecular complexity index is 404. The molecule has 3 nitrogen and oxygen atoms in total. The van der Waals surface area contributed by atoms with Gasteiger partial charge in [0.05, 0.1) is 5.69 Å². The molecule has 0 saturated carbocycles. The molecular weight excluding hydrogens is 214 g/mol. The number of benzene rings is 1. The minimum absolute atomic E-state index is 0.406. The van der Waals surface area contributed by atoms with Crippen molar-refractivity contribution in [2.24, 2.45) is 0 Å². The lowest BCUT2D eigenvalue weighted by atomic mass is 10.2. The van der Waals surface area contributed by atoms with Gasteiger partial charge in [-0.15, -0.1) is 0 Å². The van der Waals surface area contributed by atoms with E-state index in [1.54, 1.807) is 6.92 Å². The molecule has 0 atom stereocenters. The van der Waals surface area contributed by atoms with Crippen LogP contribution in [-0.4, -0.2) is 11.7 Å². The fraction of sp³-hybridized carbons (Fsp3) is 0.357. The molecule has 1 aromatic rings. The van der Waals surface area contributed by atoms with E-state index in [1.165, 1.54) is 4.90 Å². The first-order valence-electron chi connectivity index (χ1n) is 5.55. The van der Waals surface area contributed by atoms with Gasteiger partial charge in [-0.3, -0.25) is 4.90 Å². The third-order valence-corrected chi connectivity index (χ3v) is 1.97. The van der Waals surface area contributed by atoms with E-state index in [0.29, 0.717) is 5.70 Å². The second-order valence-electron chi connectivity index (χ2n) is 4.89. The molecule has 1 rings (SSSR count). The van der Waals surface area contributed by atoms with Gasteiger partial charge in [0.15, 0.2) is 0 Å². The number of hydrogen-bond acceptors (Lipinski definition) is 2. The van der Waals surface area contributed by atoms with Crippen LogP contribution in [0.3, 0.4) is 0 Å². The van der Waals surface area contributed by atoms with Gasteiger partial charge in [-0.1, -0.05) is 24.8 Å².